The van der Waals surface area contributed by atoms with E-state index in [1.807, 2.05) is 14.2 Å². The molecule has 2 aliphatic rings. The zero-order chi connectivity index (χ0) is 23.3. The van der Waals surface area contributed by atoms with Gasteiger partial charge in [0, 0.05) is 14.2 Å². The first kappa shape index (κ1) is 26.9. The van der Waals surface area contributed by atoms with Gasteiger partial charge in [-0.25, -0.2) is 0 Å². The maximum atomic E-state index is 6.76. The number of allylic oxidation sites excluding steroid dienone is 4. The third kappa shape index (κ3) is 4.17. The first-order chi connectivity index (χ1) is 15.0. The molecule has 0 N–H and O–H groups in total. The van der Waals surface area contributed by atoms with Crippen LogP contribution in [-0.4, -0.2) is 22.8 Å². The highest BCUT2D eigenvalue weighted by molar-refractivity contribution is 6.82. The molecule has 0 aromatic rings. The molecule has 2 nitrogen and oxygen atoms in total. The lowest BCUT2D eigenvalue weighted by Gasteiger charge is -2.38. The van der Waals surface area contributed by atoms with Crippen LogP contribution in [0, 0.1) is 35.5 Å². The number of hydrogen-bond donors (Lipinski definition) is 0. The van der Waals surface area contributed by atoms with E-state index in [1.54, 1.807) is 21.5 Å². The Bertz CT molecular complexity index is 593. The van der Waals surface area contributed by atoms with Gasteiger partial charge in [-0.05, 0) is 84.4 Å². The molecule has 0 aliphatic heterocycles. The fraction of sp³-hybridized carbons (Fsp3) is 0.857. The lowest BCUT2D eigenvalue weighted by molar-refractivity contribution is 0.236. The Morgan fingerprint density at radius 3 is 1.03 bits per heavy atom. The van der Waals surface area contributed by atoms with Crippen molar-refractivity contribution >= 4 is 8.56 Å². The first-order valence-electron chi connectivity index (χ1n) is 13.5. The van der Waals surface area contributed by atoms with Crippen LogP contribution in [0.4, 0.5) is 0 Å². The summed E-state index contributed by atoms with van der Waals surface area (Å²) < 4.78 is 13.5. The Hall–Kier alpha value is -0.383. The average molecular weight is 449 g/mol. The summed E-state index contributed by atoms with van der Waals surface area (Å²) in [5.41, 5.74) is 3.39. The summed E-state index contributed by atoms with van der Waals surface area (Å²) in [7, 11) is 1.25. The van der Waals surface area contributed by atoms with Gasteiger partial charge < -0.3 is 8.85 Å². The van der Waals surface area contributed by atoms with Crippen LogP contribution in [0.5, 0.6) is 0 Å². The van der Waals surface area contributed by atoms with Gasteiger partial charge in [-0.1, -0.05) is 79.4 Å². The zero-order valence-corrected chi connectivity index (χ0v) is 23.4. The fourth-order valence-electron chi connectivity index (χ4n) is 8.12. The highest BCUT2D eigenvalue weighted by Crippen LogP contribution is 2.57. The molecule has 0 bridgehead atoms. The summed E-state index contributed by atoms with van der Waals surface area (Å²) in [6, 6.07) is 0. The van der Waals surface area contributed by atoms with Gasteiger partial charge in [-0.2, -0.15) is 0 Å². The van der Waals surface area contributed by atoms with Crippen molar-refractivity contribution in [2.45, 2.75) is 107 Å². The fourth-order valence-corrected chi connectivity index (χ4v) is 12.8. The molecule has 0 radical (unpaired) electrons. The van der Waals surface area contributed by atoms with Crippen LogP contribution in [0.3, 0.4) is 0 Å². The van der Waals surface area contributed by atoms with E-state index in [1.165, 1.54) is 38.5 Å². The molecule has 0 heterocycles. The maximum absolute atomic E-state index is 6.76. The normalized spacial score (nSPS) is 31.9. The largest absolute Gasteiger partial charge is 0.398 e. The molecule has 180 valence electrons. The SMILES string of the molecule is CCC1=C([Si](OC)(OC)C2=C(CC)C(CC)C(CC)C2CC)C(CC)C(CC)C1CC. The van der Waals surface area contributed by atoms with Crippen molar-refractivity contribution in [2.24, 2.45) is 35.5 Å². The van der Waals surface area contributed by atoms with Crippen molar-refractivity contribution in [1.29, 1.82) is 0 Å². The number of rotatable bonds is 12. The van der Waals surface area contributed by atoms with E-state index in [9.17, 15) is 0 Å². The Balaban J connectivity index is 2.87. The van der Waals surface area contributed by atoms with Gasteiger partial charge in [0.05, 0.1) is 0 Å². The summed E-state index contributed by atoms with van der Waals surface area (Å²) in [4.78, 5) is 0. The maximum Gasteiger partial charge on any atom is 0.398 e. The predicted octanol–water partition coefficient (Wildman–Crippen LogP) is 8.40. The minimum atomic E-state index is -2.69. The van der Waals surface area contributed by atoms with Gasteiger partial charge in [0.1, 0.15) is 0 Å². The van der Waals surface area contributed by atoms with Gasteiger partial charge in [-0.15, -0.1) is 0 Å². The van der Waals surface area contributed by atoms with E-state index in [0.29, 0.717) is 23.7 Å². The molecular formula is C28H52O2Si. The summed E-state index contributed by atoms with van der Waals surface area (Å²) in [5.74, 6) is 4.11. The minimum Gasteiger partial charge on any atom is -0.391 e. The molecule has 6 atom stereocenters. The Kier molecular flexibility index (Phi) is 10.1. The van der Waals surface area contributed by atoms with Crippen LogP contribution in [0.2, 0.25) is 0 Å². The summed E-state index contributed by atoms with van der Waals surface area (Å²) >= 11 is 0. The lowest BCUT2D eigenvalue weighted by Crippen LogP contribution is -2.50. The van der Waals surface area contributed by atoms with Gasteiger partial charge in [0.2, 0.25) is 0 Å². The first-order valence-corrected chi connectivity index (χ1v) is 15.3. The second-order valence-electron chi connectivity index (χ2n) is 9.81. The topological polar surface area (TPSA) is 18.5 Å². The smallest absolute Gasteiger partial charge is 0.391 e. The number of hydrogen-bond acceptors (Lipinski definition) is 2. The molecule has 0 fully saturated rings. The molecule has 31 heavy (non-hydrogen) atoms. The van der Waals surface area contributed by atoms with Gasteiger partial charge in [-0.3, -0.25) is 0 Å². The minimum absolute atomic E-state index is 0.611. The van der Waals surface area contributed by atoms with Gasteiger partial charge >= 0.3 is 8.56 Å². The molecule has 2 aliphatic carbocycles. The van der Waals surface area contributed by atoms with E-state index >= 15 is 0 Å². The van der Waals surface area contributed by atoms with Crippen molar-refractivity contribution in [3.63, 3.8) is 0 Å². The second kappa shape index (κ2) is 11.7. The van der Waals surface area contributed by atoms with Crippen molar-refractivity contribution in [1.82, 2.24) is 0 Å². The third-order valence-corrected chi connectivity index (χ3v) is 13.1. The highest BCUT2D eigenvalue weighted by Gasteiger charge is 2.59. The van der Waals surface area contributed by atoms with Crippen LogP contribution in [0.25, 0.3) is 0 Å². The van der Waals surface area contributed by atoms with Crippen molar-refractivity contribution in [3.05, 3.63) is 21.5 Å². The molecule has 0 spiro atoms. The monoisotopic (exact) mass is 448 g/mol. The van der Waals surface area contributed by atoms with Crippen molar-refractivity contribution in [2.75, 3.05) is 14.2 Å². The molecule has 6 unspecified atom stereocenters. The molecular weight excluding hydrogens is 396 g/mol. The molecule has 0 saturated carbocycles. The van der Waals surface area contributed by atoms with E-state index in [0.717, 1.165) is 24.7 Å². The second-order valence-corrected chi connectivity index (χ2v) is 12.9. The van der Waals surface area contributed by atoms with E-state index < -0.39 is 8.56 Å². The predicted molar refractivity (Wildman–Crippen MR) is 137 cm³/mol. The molecule has 0 amide bonds. The molecule has 0 saturated heterocycles. The van der Waals surface area contributed by atoms with Crippen LogP contribution >= 0.6 is 0 Å². The van der Waals surface area contributed by atoms with Gasteiger partial charge in [0.15, 0.2) is 0 Å². The molecule has 2 rings (SSSR count). The Morgan fingerprint density at radius 1 is 0.516 bits per heavy atom. The van der Waals surface area contributed by atoms with E-state index in [-0.39, 0.29) is 0 Å². The molecule has 0 aromatic carbocycles. The van der Waals surface area contributed by atoms with Crippen LogP contribution in [0.1, 0.15) is 107 Å². The lowest BCUT2D eigenvalue weighted by atomic mass is 9.81. The third-order valence-electron chi connectivity index (χ3n) is 9.14. The van der Waals surface area contributed by atoms with Gasteiger partial charge in [0.25, 0.3) is 0 Å². The standard InChI is InChI=1S/C28H52O2Si/c1-11-19-20(12-2)24(16-6)27(23(19)15-5)31(29-9,30-10)28-25(17-7)21(13-3)22(14-4)26(28)18-8/h19-23,25H,11-18H2,1-10H3. The average Bonchev–Trinajstić information content (AvgIpc) is 3.31. The van der Waals surface area contributed by atoms with E-state index in [2.05, 4.69) is 55.4 Å². The summed E-state index contributed by atoms with van der Waals surface area (Å²) in [5, 5.41) is 3.29. The van der Waals surface area contributed by atoms with Crippen LogP contribution in [-0.2, 0) is 8.85 Å². The zero-order valence-electron chi connectivity index (χ0n) is 22.4. The Morgan fingerprint density at radius 2 is 0.839 bits per heavy atom. The summed E-state index contributed by atoms with van der Waals surface area (Å²) in [6.07, 6.45) is 9.69. The van der Waals surface area contributed by atoms with Crippen LogP contribution in [0.15, 0.2) is 21.5 Å². The van der Waals surface area contributed by atoms with Crippen LogP contribution < -0.4 is 0 Å². The van der Waals surface area contributed by atoms with E-state index in [4.69, 9.17) is 8.85 Å². The Labute approximate surface area is 195 Å². The molecule has 3 heteroatoms. The van der Waals surface area contributed by atoms with Crippen molar-refractivity contribution < 1.29 is 8.85 Å². The highest BCUT2D eigenvalue weighted by atomic mass is 28.4. The van der Waals surface area contributed by atoms with Crippen molar-refractivity contribution in [3.8, 4) is 0 Å². The quantitative estimate of drug-likeness (QED) is 0.279. The molecule has 0 aromatic heterocycles. The summed E-state index contributed by atoms with van der Waals surface area (Å²) in [6.45, 7) is 19.1.